The lowest BCUT2D eigenvalue weighted by atomic mass is 9.96. The van der Waals surface area contributed by atoms with Crippen molar-refractivity contribution in [2.75, 3.05) is 6.61 Å². The predicted octanol–water partition coefficient (Wildman–Crippen LogP) is 2.38. The van der Waals surface area contributed by atoms with E-state index in [1.807, 2.05) is 13.0 Å². The second-order valence-electron chi connectivity index (χ2n) is 4.23. The average Bonchev–Trinajstić information content (AvgIpc) is 2.65. The van der Waals surface area contributed by atoms with Gasteiger partial charge < -0.3 is 4.74 Å². The van der Waals surface area contributed by atoms with Crippen LogP contribution in [-0.4, -0.2) is 23.5 Å². The highest BCUT2D eigenvalue weighted by Crippen LogP contribution is 2.21. The van der Waals surface area contributed by atoms with Crippen molar-refractivity contribution in [1.82, 2.24) is 4.98 Å². The molecule has 1 saturated heterocycles. The second-order valence-corrected chi connectivity index (χ2v) is 5.15. The first-order valence-electron chi connectivity index (χ1n) is 5.39. The lowest BCUT2D eigenvalue weighted by Crippen LogP contribution is -2.17. The monoisotopic (exact) mass is 283 g/mol. The molecule has 16 heavy (non-hydrogen) atoms. The Morgan fingerprint density at radius 1 is 1.62 bits per heavy atom. The van der Waals surface area contributed by atoms with Gasteiger partial charge in [0, 0.05) is 29.2 Å². The van der Waals surface area contributed by atoms with E-state index in [-0.39, 0.29) is 17.8 Å². The van der Waals surface area contributed by atoms with E-state index in [4.69, 9.17) is 4.74 Å². The first-order chi connectivity index (χ1) is 7.65. The standard InChI is InChI=1S/C12H14BrNO2/c1-8-2-10(7-16-8)12(15)4-9-3-11(13)6-14-5-9/h3,5-6,8,10H,2,4,7H2,1H3. The minimum atomic E-state index is 0.0639. The number of hydrogen-bond donors (Lipinski definition) is 0. The van der Waals surface area contributed by atoms with Gasteiger partial charge in [0.25, 0.3) is 0 Å². The third kappa shape index (κ3) is 2.89. The van der Waals surface area contributed by atoms with Crippen LogP contribution in [0.3, 0.4) is 0 Å². The van der Waals surface area contributed by atoms with Crippen LogP contribution in [-0.2, 0) is 16.0 Å². The lowest BCUT2D eigenvalue weighted by molar-refractivity contribution is -0.122. The molecule has 0 N–H and O–H groups in total. The molecule has 1 fully saturated rings. The average molecular weight is 284 g/mol. The number of ketones is 1. The Bertz CT molecular complexity index is 394. The molecule has 0 radical (unpaired) electrons. The molecule has 86 valence electrons. The fourth-order valence-corrected chi connectivity index (χ4v) is 2.35. The van der Waals surface area contributed by atoms with Crippen LogP contribution in [0.25, 0.3) is 0 Å². The zero-order valence-electron chi connectivity index (χ0n) is 9.15. The molecule has 0 bridgehead atoms. The van der Waals surface area contributed by atoms with Crippen LogP contribution in [0.1, 0.15) is 18.9 Å². The number of aromatic nitrogens is 1. The van der Waals surface area contributed by atoms with Crippen LogP contribution in [0, 0.1) is 5.92 Å². The van der Waals surface area contributed by atoms with Gasteiger partial charge in [-0.15, -0.1) is 0 Å². The summed E-state index contributed by atoms with van der Waals surface area (Å²) in [6.45, 7) is 2.58. The molecule has 2 heterocycles. The lowest BCUT2D eigenvalue weighted by Gasteiger charge is -2.06. The fourth-order valence-electron chi connectivity index (χ4n) is 1.94. The maximum atomic E-state index is 11.9. The van der Waals surface area contributed by atoms with Gasteiger partial charge in [-0.3, -0.25) is 9.78 Å². The smallest absolute Gasteiger partial charge is 0.142 e. The Labute approximate surface area is 103 Å². The highest BCUT2D eigenvalue weighted by molar-refractivity contribution is 9.10. The summed E-state index contributed by atoms with van der Waals surface area (Å²) in [5.41, 5.74) is 0.957. The third-order valence-corrected chi connectivity index (χ3v) is 3.23. The van der Waals surface area contributed by atoms with Crippen molar-refractivity contribution in [3.8, 4) is 0 Å². The molecule has 0 aromatic carbocycles. The van der Waals surface area contributed by atoms with E-state index < -0.39 is 0 Å². The molecule has 0 aliphatic carbocycles. The summed E-state index contributed by atoms with van der Waals surface area (Å²) in [7, 11) is 0. The molecular formula is C12H14BrNO2. The Hall–Kier alpha value is -0.740. The van der Waals surface area contributed by atoms with Crippen LogP contribution in [0.2, 0.25) is 0 Å². The molecule has 0 saturated carbocycles. The van der Waals surface area contributed by atoms with Gasteiger partial charge in [-0.05, 0) is 40.9 Å². The number of carbonyl (C=O) groups excluding carboxylic acids is 1. The van der Waals surface area contributed by atoms with Gasteiger partial charge in [-0.1, -0.05) is 0 Å². The van der Waals surface area contributed by atoms with Crippen molar-refractivity contribution in [2.24, 2.45) is 5.92 Å². The first kappa shape index (κ1) is 11.7. The van der Waals surface area contributed by atoms with Crippen LogP contribution >= 0.6 is 15.9 Å². The van der Waals surface area contributed by atoms with Crippen molar-refractivity contribution < 1.29 is 9.53 Å². The minimum absolute atomic E-state index is 0.0639. The number of ether oxygens (including phenoxy) is 1. The highest BCUT2D eigenvalue weighted by Gasteiger charge is 2.27. The van der Waals surface area contributed by atoms with Crippen molar-refractivity contribution in [1.29, 1.82) is 0 Å². The molecule has 1 aliphatic rings. The first-order valence-corrected chi connectivity index (χ1v) is 6.18. The molecule has 3 nitrogen and oxygen atoms in total. The summed E-state index contributed by atoms with van der Waals surface area (Å²) >= 11 is 3.35. The largest absolute Gasteiger partial charge is 0.378 e. The number of carbonyl (C=O) groups is 1. The van der Waals surface area contributed by atoms with E-state index in [1.54, 1.807) is 12.4 Å². The number of nitrogens with zero attached hydrogens (tertiary/aromatic N) is 1. The highest BCUT2D eigenvalue weighted by atomic mass is 79.9. The number of pyridine rings is 1. The second kappa shape index (κ2) is 5.06. The van der Waals surface area contributed by atoms with Gasteiger partial charge in [-0.2, -0.15) is 0 Å². The Balaban J connectivity index is 1.97. The van der Waals surface area contributed by atoms with Gasteiger partial charge >= 0.3 is 0 Å². The normalized spacial score (nSPS) is 24.6. The van der Waals surface area contributed by atoms with Crippen molar-refractivity contribution in [2.45, 2.75) is 25.9 Å². The molecule has 4 heteroatoms. The van der Waals surface area contributed by atoms with E-state index >= 15 is 0 Å². The Morgan fingerprint density at radius 3 is 3.06 bits per heavy atom. The van der Waals surface area contributed by atoms with Gasteiger partial charge in [0.15, 0.2) is 0 Å². The Morgan fingerprint density at radius 2 is 2.44 bits per heavy atom. The summed E-state index contributed by atoms with van der Waals surface area (Å²) in [5, 5.41) is 0. The van der Waals surface area contributed by atoms with E-state index in [0.29, 0.717) is 13.0 Å². The van der Waals surface area contributed by atoms with Gasteiger partial charge in [-0.25, -0.2) is 0 Å². The van der Waals surface area contributed by atoms with Gasteiger partial charge in [0.1, 0.15) is 5.78 Å². The Kier molecular flexibility index (Phi) is 3.71. The maximum absolute atomic E-state index is 11.9. The summed E-state index contributed by atoms with van der Waals surface area (Å²) in [5.74, 6) is 0.318. The zero-order chi connectivity index (χ0) is 11.5. The van der Waals surface area contributed by atoms with Crippen molar-refractivity contribution in [3.05, 3.63) is 28.5 Å². The SMILES string of the molecule is CC1CC(C(=O)Cc2cncc(Br)c2)CO1. The molecule has 0 amide bonds. The molecule has 1 aromatic rings. The molecule has 1 aromatic heterocycles. The molecule has 2 rings (SSSR count). The number of halogens is 1. The summed E-state index contributed by atoms with van der Waals surface area (Å²) in [6.07, 6.45) is 4.97. The van der Waals surface area contributed by atoms with Crippen LogP contribution in [0.5, 0.6) is 0 Å². The van der Waals surface area contributed by atoms with Crippen molar-refractivity contribution >= 4 is 21.7 Å². The summed E-state index contributed by atoms with van der Waals surface area (Å²) < 4.78 is 6.31. The number of Topliss-reactive ketones (excluding diaryl/α,β-unsaturated/α-hetero) is 1. The molecule has 2 atom stereocenters. The van der Waals surface area contributed by atoms with Crippen LogP contribution in [0.4, 0.5) is 0 Å². The van der Waals surface area contributed by atoms with Crippen LogP contribution in [0.15, 0.2) is 22.9 Å². The summed E-state index contributed by atoms with van der Waals surface area (Å²) in [4.78, 5) is 16.0. The van der Waals surface area contributed by atoms with E-state index in [1.165, 1.54) is 0 Å². The number of hydrogen-bond acceptors (Lipinski definition) is 3. The predicted molar refractivity (Wildman–Crippen MR) is 64.2 cm³/mol. The van der Waals surface area contributed by atoms with E-state index in [9.17, 15) is 4.79 Å². The van der Waals surface area contributed by atoms with Crippen molar-refractivity contribution in [3.63, 3.8) is 0 Å². The molecule has 2 unspecified atom stereocenters. The molecular weight excluding hydrogens is 270 g/mol. The topological polar surface area (TPSA) is 39.2 Å². The quantitative estimate of drug-likeness (QED) is 0.855. The van der Waals surface area contributed by atoms with E-state index in [0.717, 1.165) is 16.5 Å². The summed E-state index contributed by atoms with van der Waals surface area (Å²) in [6, 6.07) is 1.93. The van der Waals surface area contributed by atoms with Gasteiger partial charge in [0.05, 0.1) is 12.7 Å². The third-order valence-electron chi connectivity index (χ3n) is 2.79. The van der Waals surface area contributed by atoms with Crippen LogP contribution < -0.4 is 0 Å². The molecule has 1 aliphatic heterocycles. The minimum Gasteiger partial charge on any atom is -0.378 e. The molecule has 0 spiro atoms. The number of rotatable bonds is 3. The maximum Gasteiger partial charge on any atom is 0.142 e. The van der Waals surface area contributed by atoms with E-state index in [2.05, 4.69) is 20.9 Å². The van der Waals surface area contributed by atoms with Gasteiger partial charge in [0.2, 0.25) is 0 Å². The fraction of sp³-hybridized carbons (Fsp3) is 0.500. The zero-order valence-corrected chi connectivity index (χ0v) is 10.7.